The van der Waals surface area contributed by atoms with Gasteiger partial charge in [0.25, 0.3) is 10.0 Å². The molecule has 0 saturated carbocycles. The highest BCUT2D eigenvalue weighted by Crippen LogP contribution is 2.24. The third-order valence-corrected chi connectivity index (χ3v) is 4.11. The molecule has 0 heterocycles. The predicted octanol–water partition coefficient (Wildman–Crippen LogP) is 0.607. The van der Waals surface area contributed by atoms with Gasteiger partial charge in [-0.05, 0) is 24.6 Å². The van der Waals surface area contributed by atoms with Gasteiger partial charge < -0.3 is 0 Å². The zero-order chi connectivity index (χ0) is 14.1. The number of hydrogen-bond donors (Lipinski definition) is 2. The van der Waals surface area contributed by atoms with Crippen LogP contribution in [-0.2, 0) is 20.0 Å². The number of nitrogens with two attached hydrogens (primary N) is 1. The van der Waals surface area contributed by atoms with Crippen LogP contribution in [0, 0.1) is 6.92 Å². The first-order valence-electron chi connectivity index (χ1n) is 4.48. The highest BCUT2D eigenvalue weighted by Gasteiger charge is 2.25. The second kappa shape index (κ2) is 4.78. The average molecular weight is 300 g/mol. The van der Waals surface area contributed by atoms with Gasteiger partial charge in [-0.2, -0.15) is 8.78 Å². The first-order valence-corrected chi connectivity index (χ1v) is 7.57. The molecule has 1 rings (SSSR count). The van der Waals surface area contributed by atoms with Crippen molar-refractivity contribution in [3.8, 4) is 0 Å². The number of primary sulfonamides is 1. The lowest BCUT2D eigenvalue weighted by Crippen LogP contribution is -2.22. The molecule has 0 aliphatic carbocycles. The van der Waals surface area contributed by atoms with Crippen LogP contribution in [-0.4, -0.2) is 22.6 Å². The molecule has 0 spiro atoms. The highest BCUT2D eigenvalue weighted by molar-refractivity contribution is 7.93. The van der Waals surface area contributed by atoms with E-state index < -0.39 is 25.8 Å². The van der Waals surface area contributed by atoms with Gasteiger partial charge in [-0.25, -0.2) is 22.0 Å². The zero-order valence-corrected chi connectivity index (χ0v) is 10.7. The Kier molecular flexibility index (Phi) is 3.93. The first kappa shape index (κ1) is 14.8. The van der Waals surface area contributed by atoms with Crippen LogP contribution in [0.2, 0.25) is 0 Å². The van der Waals surface area contributed by atoms with Gasteiger partial charge in [0.1, 0.15) is 0 Å². The zero-order valence-electron chi connectivity index (χ0n) is 9.09. The van der Waals surface area contributed by atoms with Gasteiger partial charge in [0.15, 0.2) is 0 Å². The first-order chi connectivity index (χ1) is 8.05. The predicted molar refractivity (Wildman–Crippen MR) is 61.1 cm³/mol. The van der Waals surface area contributed by atoms with E-state index in [1.807, 2.05) is 0 Å². The maximum absolute atomic E-state index is 12.2. The van der Waals surface area contributed by atoms with Crippen molar-refractivity contribution in [3.63, 3.8) is 0 Å². The van der Waals surface area contributed by atoms with Crippen molar-refractivity contribution in [3.05, 3.63) is 23.8 Å². The third-order valence-electron chi connectivity index (χ3n) is 2.08. The van der Waals surface area contributed by atoms with Crippen LogP contribution in [0.3, 0.4) is 0 Å². The molecular weight excluding hydrogens is 290 g/mol. The Morgan fingerprint density at radius 1 is 1.22 bits per heavy atom. The number of hydrogen-bond acceptors (Lipinski definition) is 4. The minimum Gasteiger partial charge on any atom is -0.278 e. The number of anilines is 1. The summed E-state index contributed by atoms with van der Waals surface area (Å²) in [5, 5.41) is 4.90. The normalized spacial score (nSPS) is 12.7. The molecule has 0 amide bonds. The van der Waals surface area contributed by atoms with Crippen molar-refractivity contribution in [1.82, 2.24) is 0 Å². The van der Waals surface area contributed by atoms with Crippen molar-refractivity contribution in [2.24, 2.45) is 5.14 Å². The van der Waals surface area contributed by atoms with Crippen LogP contribution in [0.15, 0.2) is 23.1 Å². The van der Waals surface area contributed by atoms with Gasteiger partial charge in [0.05, 0.1) is 10.6 Å². The van der Waals surface area contributed by atoms with Gasteiger partial charge in [-0.15, -0.1) is 0 Å². The second-order valence-electron chi connectivity index (χ2n) is 3.38. The van der Waals surface area contributed by atoms with E-state index in [0.29, 0.717) is 0 Å². The SMILES string of the molecule is Cc1c(NS(=O)(=O)C(F)F)cccc1S(N)(=O)=O. The van der Waals surface area contributed by atoms with Crippen LogP contribution >= 0.6 is 0 Å². The van der Waals surface area contributed by atoms with Crippen LogP contribution in [0.1, 0.15) is 5.56 Å². The van der Waals surface area contributed by atoms with E-state index in [-0.39, 0.29) is 16.1 Å². The van der Waals surface area contributed by atoms with Crippen LogP contribution < -0.4 is 9.86 Å². The lowest BCUT2D eigenvalue weighted by Gasteiger charge is -2.12. The molecule has 0 fully saturated rings. The fourth-order valence-corrected chi connectivity index (χ4v) is 2.65. The molecule has 102 valence electrons. The van der Waals surface area contributed by atoms with E-state index in [4.69, 9.17) is 5.14 Å². The molecule has 10 heteroatoms. The van der Waals surface area contributed by atoms with E-state index in [2.05, 4.69) is 0 Å². The van der Waals surface area contributed by atoms with Gasteiger partial charge in [0, 0.05) is 0 Å². The molecule has 3 N–H and O–H groups in total. The second-order valence-corrected chi connectivity index (χ2v) is 6.56. The van der Waals surface area contributed by atoms with E-state index in [1.54, 1.807) is 4.72 Å². The maximum Gasteiger partial charge on any atom is 0.355 e. The summed E-state index contributed by atoms with van der Waals surface area (Å²) in [6.45, 7) is 1.25. The number of benzene rings is 1. The van der Waals surface area contributed by atoms with E-state index in [0.717, 1.165) is 12.1 Å². The van der Waals surface area contributed by atoms with Crippen molar-refractivity contribution >= 4 is 25.7 Å². The Morgan fingerprint density at radius 2 is 1.78 bits per heavy atom. The van der Waals surface area contributed by atoms with Gasteiger partial charge in [0.2, 0.25) is 10.0 Å². The molecule has 0 radical (unpaired) electrons. The van der Waals surface area contributed by atoms with Crippen molar-refractivity contribution in [1.29, 1.82) is 0 Å². The van der Waals surface area contributed by atoms with E-state index in [1.165, 1.54) is 13.0 Å². The molecule has 1 aromatic carbocycles. The summed E-state index contributed by atoms with van der Waals surface area (Å²) in [7, 11) is -8.91. The van der Waals surface area contributed by atoms with Crippen molar-refractivity contribution in [2.75, 3.05) is 4.72 Å². The Hall–Kier alpha value is -1.26. The van der Waals surface area contributed by atoms with E-state index >= 15 is 0 Å². The summed E-state index contributed by atoms with van der Waals surface area (Å²) < 4.78 is 70.2. The van der Waals surface area contributed by atoms with Crippen LogP contribution in [0.25, 0.3) is 0 Å². The van der Waals surface area contributed by atoms with E-state index in [9.17, 15) is 25.6 Å². The fourth-order valence-electron chi connectivity index (χ4n) is 1.23. The standard InChI is InChI=1S/C8H10F2N2O4S2/c1-5-6(12-18(15,16)8(9)10)3-2-4-7(5)17(11,13)14/h2-4,8,12H,1H3,(H2,11,13,14). The van der Waals surface area contributed by atoms with Gasteiger partial charge in [-0.3, -0.25) is 4.72 Å². The number of sulfonamides is 2. The summed E-state index contributed by atoms with van der Waals surface area (Å²) in [6.07, 6.45) is 0. The Balaban J connectivity index is 3.30. The molecule has 0 saturated heterocycles. The van der Waals surface area contributed by atoms with Gasteiger partial charge >= 0.3 is 5.76 Å². The molecule has 0 bridgehead atoms. The summed E-state index contributed by atoms with van der Waals surface area (Å²) in [5.74, 6) is -3.62. The van der Waals surface area contributed by atoms with Crippen molar-refractivity contribution < 1.29 is 25.6 Å². The molecule has 0 unspecified atom stereocenters. The Morgan fingerprint density at radius 3 is 2.22 bits per heavy atom. The molecular formula is C8H10F2N2O4S2. The molecule has 6 nitrogen and oxygen atoms in total. The average Bonchev–Trinajstić information content (AvgIpc) is 2.18. The number of alkyl halides is 2. The Labute approximate surface area is 103 Å². The molecule has 0 aliphatic heterocycles. The smallest absolute Gasteiger partial charge is 0.278 e. The minimum absolute atomic E-state index is 0.0516. The number of nitrogens with one attached hydrogen (secondary N) is 1. The summed E-state index contributed by atoms with van der Waals surface area (Å²) in [4.78, 5) is -0.336. The molecule has 0 aromatic heterocycles. The molecule has 0 aliphatic rings. The third kappa shape index (κ3) is 3.15. The monoisotopic (exact) mass is 300 g/mol. The number of rotatable bonds is 4. The van der Waals surface area contributed by atoms with Crippen molar-refractivity contribution in [2.45, 2.75) is 17.6 Å². The summed E-state index contributed by atoms with van der Waals surface area (Å²) >= 11 is 0. The molecule has 0 atom stereocenters. The topological polar surface area (TPSA) is 106 Å². The highest BCUT2D eigenvalue weighted by atomic mass is 32.2. The molecule has 18 heavy (non-hydrogen) atoms. The molecule has 1 aromatic rings. The minimum atomic E-state index is -4.85. The largest absolute Gasteiger partial charge is 0.355 e. The van der Waals surface area contributed by atoms with Crippen LogP contribution in [0.4, 0.5) is 14.5 Å². The summed E-state index contributed by atoms with van der Waals surface area (Å²) in [5.41, 5.74) is -0.314. The fraction of sp³-hybridized carbons (Fsp3) is 0.250. The summed E-state index contributed by atoms with van der Waals surface area (Å²) in [6, 6.07) is 3.49. The quantitative estimate of drug-likeness (QED) is 0.849. The Bertz CT molecular complexity index is 656. The lowest BCUT2D eigenvalue weighted by molar-refractivity contribution is 0.236. The lowest BCUT2D eigenvalue weighted by atomic mass is 10.2. The number of halogens is 2. The van der Waals surface area contributed by atoms with Crippen LogP contribution in [0.5, 0.6) is 0 Å². The maximum atomic E-state index is 12.2. The van der Waals surface area contributed by atoms with Gasteiger partial charge in [-0.1, -0.05) is 6.07 Å².